The molecule has 0 N–H and O–H groups in total. The van der Waals surface area contributed by atoms with Gasteiger partial charge in [-0.05, 0) is 38.5 Å². The molecular formula is C25H29F2N3O2. The lowest BCUT2D eigenvalue weighted by Crippen LogP contribution is -2.81. The second-order valence-electron chi connectivity index (χ2n) is 9.20. The second-order valence-corrected chi connectivity index (χ2v) is 9.20. The van der Waals surface area contributed by atoms with Crippen molar-refractivity contribution in [2.45, 2.75) is 51.2 Å². The molecule has 7 heteroatoms. The molecule has 2 aliphatic heterocycles. The Kier molecular flexibility index (Phi) is 5.47. The van der Waals surface area contributed by atoms with E-state index in [1.807, 2.05) is 51.1 Å². The smallest absolute Gasteiger partial charge is 0.270 e. The molecule has 0 aliphatic carbocycles. The number of rotatable bonds is 5. The van der Waals surface area contributed by atoms with E-state index in [0.717, 1.165) is 18.2 Å². The lowest BCUT2D eigenvalue weighted by molar-refractivity contribution is -0.172. The number of carbonyl (C=O) groups excluding carboxylic acids is 2. The molecule has 2 amide bonds. The molecule has 5 nitrogen and oxygen atoms in total. The molecule has 0 aromatic heterocycles. The van der Waals surface area contributed by atoms with Gasteiger partial charge in [0.15, 0.2) is 5.54 Å². The fourth-order valence-electron chi connectivity index (χ4n) is 4.80. The maximum Gasteiger partial charge on any atom is 0.270 e. The summed E-state index contributed by atoms with van der Waals surface area (Å²) in [6, 6.07) is 15.3. The van der Waals surface area contributed by atoms with Crippen LogP contribution >= 0.6 is 0 Å². The monoisotopic (exact) mass is 441 g/mol. The fraction of sp³-hybridized carbons (Fsp3) is 0.440. The van der Waals surface area contributed by atoms with E-state index >= 15 is 0 Å². The van der Waals surface area contributed by atoms with Crippen LogP contribution in [0.2, 0.25) is 0 Å². The minimum atomic E-state index is -2.93. The van der Waals surface area contributed by atoms with Crippen molar-refractivity contribution in [1.82, 2.24) is 9.80 Å². The van der Waals surface area contributed by atoms with Gasteiger partial charge in [-0.25, -0.2) is 8.78 Å². The Morgan fingerprint density at radius 1 is 0.938 bits per heavy atom. The van der Waals surface area contributed by atoms with Gasteiger partial charge in [0.25, 0.3) is 11.8 Å². The molecule has 0 unspecified atom stereocenters. The maximum absolute atomic E-state index is 13.6. The highest BCUT2D eigenvalue weighted by Gasteiger charge is 2.61. The van der Waals surface area contributed by atoms with Crippen LogP contribution in [-0.4, -0.2) is 52.8 Å². The number of hydrogen-bond donors (Lipinski definition) is 0. The Labute approximate surface area is 187 Å². The van der Waals surface area contributed by atoms with E-state index in [0.29, 0.717) is 13.1 Å². The van der Waals surface area contributed by atoms with Gasteiger partial charge in [0.05, 0.1) is 19.1 Å². The van der Waals surface area contributed by atoms with E-state index in [1.165, 1.54) is 12.1 Å². The van der Waals surface area contributed by atoms with Crippen LogP contribution in [-0.2, 0) is 15.5 Å². The summed E-state index contributed by atoms with van der Waals surface area (Å²) in [4.78, 5) is 32.4. The van der Waals surface area contributed by atoms with Crippen LogP contribution in [0, 0.1) is 0 Å². The van der Waals surface area contributed by atoms with Crippen molar-refractivity contribution in [3.8, 4) is 0 Å². The summed E-state index contributed by atoms with van der Waals surface area (Å²) < 4.78 is 27.3. The lowest BCUT2D eigenvalue weighted by atomic mass is 9.81. The summed E-state index contributed by atoms with van der Waals surface area (Å²) in [6.45, 7) is 7.38. The number of alkyl halides is 2. The van der Waals surface area contributed by atoms with Crippen molar-refractivity contribution in [2.24, 2.45) is 0 Å². The Morgan fingerprint density at radius 3 is 2.06 bits per heavy atom. The molecule has 0 bridgehead atoms. The van der Waals surface area contributed by atoms with Crippen LogP contribution in [0.1, 0.15) is 44.9 Å². The van der Waals surface area contributed by atoms with Crippen LogP contribution in [0.25, 0.3) is 0 Å². The molecule has 1 atom stereocenters. The van der Waals surface area contributed by atoms with Crippen LogP contribution in [0.5, 0.6) is 0 Å². The summed E-state index contributed by atoms with van der Waals surface area (Å²) in [5.41, 5.74) is 0.688. The van der Waals surface area contributed by atoms with Crippen LogP contribution in [0.4, 0.5) is 14.5 Å². The molecule has 32 heavy (non-hydrogen) atoms. The zero-order valence-corrected chi connectivity index (χ0v) is 18.9. The van der Waals surface area contributed by atoms with Crippen LogP contribution < -0.4 is 4.90 Å². The number of piperazine rings is 1. The number of amides is 2. The topological polar surface area (TPSA) is 43.9 Å². The molecule has 2 aromatic carbocycles. The Hall–Kier alpha value is -2.96. The number of hydrogen-bond acceptors (Lipinski definition) is 3. The fourth-order valence-corrected chi connectivity index (χ4v) is 4.80. The average Bonchev–Trinajstić information content (AvgIpc) is 2.72. The van der Waals surface area contributed by atoms with Crippen LogP contribution in [0.3, 0.4) is 0 Å². The maximum atomic E-state index is 13.6. The molecule has 170 valence electrons. The molecule has 2 aromatic rings. The summed E-state index contributed by atoms with van der Waals surface area (Å²) in [7, 11) is 0. The van der Waals surface area contributed by atoms with Gasteiger partial charge in [-0.3, -0.25) is 9.59 Å². The van der Waals surface area contributed by atoms with Gasteiger partial charge in [0.2, 0.25) is 5.91 Å². The number of para-hydroxylation sites is 1. The van der Waals surface area contributed by atoms with Crippen molar-refractivity contribution >= 4 is 17.5 Å². The highest BCUT2D eigenvalue weighted by atomic mass is 19.3. The van der Waals surface area contributed by atoms with Gasteiger partial charge in [-0.2, -0.15) is 0 Å². The molecule has 0 saturated carbocycles. The van der Waals surface area contributed by atoms with E-state index in [1.54, 1.807) is 21.9 Å². The number of benzene rings is 2. The first kappa shape index (κ1) is 22.2. The first-order valence-corrected chi connectivity index (χ1v) is 11.0. The summed E-state index contributed by atoms with van der Waals surface area (Å²) >= 11 is 0. The predicted octanol–water partition coefficient (Wildman–Crippen LogP) is 4.20. The van der Waals surface area contributed by atoms with Gasteiger partial charge >= 0.3 is 0 Å². The standard InChI is InChI=1S/C25H29F2N3O2/c1-17(2)29-14-22(31)30(18(3)19-10-12-20(13-11-19)24(4,26)27)25(23(29)32)15-28(16-25)21-8-6-5-7-9-21/h5-13,17-18H,14-16H2,1-4H3/t18-/m1/s1. The van der Waals surface area contributed by atoms with Gasteiger partial charge < -0.3 is 14.7 Å². The highest BCUT2D eigenvalue weighted by Crippen LogP contribution is 2.42. The van der Waals surface area contributed by atoms with Crippen molar-refractivity contribution in [3.05, 3.63) is 65.7 Å². The zero-order chi connectivity index (χ0) is 23.3. The Bertz CT molecular complexity index is 996. The molecule has 2 aliphatic rings. The van der Waals surface area contributed by atoms with Gasteiger partial charge in [0.1, 0.15) is 6.54 Å². The molecule has 0 radical (unpaired) electrons. The minimum absolute atomic E-state index is 0.0268. The Morgan fingerprint density at radius 2 is 1.53 bits per heavy atom. The minimum Gasteiger partial charge on any atom is -0.366 e. The number of halogens is 2. The lowest BCUT2D eigenvalue weighted by Gasteiger charge is -2.60. The van der Waals surface area contributed by atoms with Gasteiger partial charge in [-0.1, -0.05) is 42.5 Å². The van der Waals surface area contributed by atoms with Crippen molar-refractivity contribution in [1.29, 1.82) is 0 Å². The summed E-state index contributed by atoms with van der Waals surface area (Å²) in [5, 5.41) is 0. The largest absolute Gasteiger partial charge is 0.366 e. The Balaban J connectivity index is 1.67. The number of nitrogens with zero attached hydrogens (tertiary/aromatic N) is 3. The van der Waals surface area contributed by atoms with Crippen molar-refractivity contribution in [3.63, 3.8) is 0 Å². The first-order chi connectivity index (χ1) is 15.0. The normalized spacial score (nSPS) is 19.5. The van der Waals surface area contributed by atoms with Gasteiger partial charge in [0, 0.05) is 24.2 Å². The van der Waals surface area contributed by atoms with Crippen molar-refractivity contribution in [2.75, 3.05) is 24.5 Å². The van der Waals surface area contributed by atoms with E-state index in [-0.39, 0.29) is 30.0 Å². The molecule has 1 spiro atoms. The molecule has 2 fully saturated rings. The second kappa shape index (κ2) is 7.87. The van der Waals surface area contributed by atoms with E-state index < -0.39 is 17.5 Å². The number of anilines is 1. The quantitative estimate of drug-likeness (QED) is 0.699. The molecule has 2 heterocycles. The third-order valence-corrected chi connectivity index (χ3v) is 6.63. The zero-order valence-electron chi connectivity index (χ0n) is 18.9. The third kappa shape index (κ3) is 3.63. The van der Waals surface area contributed by atoms with E-state index in [9.17, 15) is 18.4 Å². The summed E-state index contributed by atoms with van der Waals surface area (Å²) in [5.74, 6) is -3.10. The summed E-state index contributed by atoms with van der Waals surface area (Å²) in [6.07, 6.45) is 0. The molecule has 4 rings (SSSR count). The number of carbonyl (C=O) groups is 2. The average molecular weight is 442 g/mol. The van der Waals surface area contributed by atoms with E-state index in [2.05, 4.69) is 4.90 Å². The molecule has 2 saturated heterocycles. The third-order valence-electron chi connectivity index (χ3n) is 6.63. The molecular weight excluding hydrogens is 412 g/mol. The van der Waals surface area contributed by atoms with Crippen LogP contribution in [0.15, 0.2) is 54.6 Å². The van der Waals surface area contributed by atoms with Crippen molar-refractivity contribution < 1.29 is 18.4 Å². The van der Waals surface area contributed by atoms with E-state index in [4.69, 9.17) is 0 Å². The SMILES string of the molecule is CC(C)N1CC(=O)N([C@H](C)c2ccc(C(C)(F)F)cc2)C2(CN(c3ccccc3)C2)C1=O. The van der Waals surface area contributed by atoms with Gasteiger partial charge in [-0.15, -0.1) is 0 Å². The predicted molar refractivity (Wildman–Crippen MR) is 120 cm³/mol. The highest BCUT2D eigenvalue weighted by molar-refractivity contribution is 6.01. The first-order valence-electron chi connectivity index (χ1n) is 11.0.